The van der Waals surface area contributed by atoms with Gasteiger partial charge in [-0.25, -0.2) is 4.98 Å². The Hall–Kier alpha value is -1.88. The van der Waals surface area contributed by atoms with Crippen molar-refractivity contribution < 1.29 is 9.90 Å². The highest BCUT2D eigenvalue weighted by Crippen LogP contribution is 2.32. The molecule has 1 aromatic carbocycles. The molecule has 0 aliphatic carbocycles. The van der Waals surface area contributed by atoms with Crippen LogP contribution < -0.4 is 4.90 Å². The predicted octanol–water partition coefficient (Wildman–Crippen LogP) is 2.81. The van der Waals surface area contributed by atoms with Gasteiger partial charge in [0.05, 0.1) is 12.1 Å². The fraction of sp³-hybridized carbons (Fsp3) is 0.286. The normalized spacial score (nSPS) is 10.5. The smallest absolute Gasteiger partial charge is 0.308 e. The maximum absolute atomic E-state index is 11.0. The van der Waals surface area contributed by atoms with Crippen LogP contribution in [0.2, 0.25) is 0 Å². The van der Waals surface area contributed by atoms with Gasteiger partial charge < -0.3 is 10.0 Å². The SMILES string of the molecule is Cc1ccc(-c2nc(N(C)C)sc2CC(=O)O)cc1. The third-order valence-electron chi connectivity index (χ3n) is 2.71. The molecule has 2 rings (SSSR count). The van der Waals surface area contributed by atoms with Crippen LogP contribution in [0.1, 0.15) is 10.4 Å². The number of benzene rings is 1. The molecule has 0 saturated carbocycles. The fourth-order valence-corrected chi connectivity index (χ4v) is 2.72. The first-order valence-electron chi connectivity index (χ1n) is 5.93. The average molecular weight is 276 g/mol. The van der Waals surface area contributed by atoms with Crippen molar-refractivity contribution in [1.29, 1.82) is 0 Å². The van der Waals surface area contributed by atoms with E-state index in [1.165, 1.54) is 16.9 Å². The molecule has 0 bridgehead atoms. The number of aryl methyl sites for hydroxylation is 1. The zero-order chi connectivity index (χ0) is 14.0. The first-order chi connectivity index (χ1) is 8.97. The number of carboxylic acids is 1. The van der Waals surface area contributed by atoms with E-state index in [1.54, 1.807) is 0 Å². The van der Waals surface area contributed by atoms with Gasteiger partial charge in [-0.3, -0.25) is 4.79 Å². The fourth-order valence-electron chi connectivity index (χ4n) is 1.72. The second-order valence-corrected chi connectivity index (χ2v) is 5.66. The average Bonchev–Trinajstić information content (AvgIpc) is 2.73. The van der Waals surface area contributed by atoms with Gasteiger partial charge in [0.1, 0.15) is 0 Å². The Morgan fingerprint density at radius 2 is 1.95 bits per heavy atom. The van der Waals surface area contributed by atoms with Crippen LogP contribution in [0.15, 0.2) is 24.3 Å². The van der Waals surface area contributed by atoms with Crippen molar-refractivity contribution in [3.05, 3.63) is 34.7 Å². The van der Waals surface area contributed by atoms with Gasteiger partial charge in [-0.2, -0.15) is 0 Å². The third kappa shape index (κ3) is 3.12. The van der Waals surface area contributed by atoms with Gasteiger partial charge in [-0.1, -0.05) is 29.8 Å². The quantitative estimate of drug-likeness (QED) is 0.933. The Balaban J connectivity index is 2.47. The molecule has 0 aliphatic heterocycles. The van der Waals surface area contributed by atoms with Gasteiger partial charge in [0.25, 0.3) is 0 Å². The van der Waals surface area contributed by atoms with Gasteiger partial charge >= 0.3 is 5.97 Å². The number of anilines is 1. The summed E-state index contributed by atoms with van der Waals surface area (Å²) in [6, 6.07) is 7.98. The van der Waals surface area contributed by atoms with Gasteiger partial charge in [-0.05, 0) is 6.92 Å². The topological polar surface area (TPSA) is 53.4 Å². The lowest BCUT2D eigenvalue weighted by atomic mass is 10.1. The molecule has 4 nitrogen and oxygen atoms in total. The largest absolute Gasteiger partial charge is 0.481 e. The molecule has 0 fully saturated rings. The van der Waals surface area contributed by atoms with E-state index >= 15 is 0 Å². The van der Waals surface area contributed by atoms with Crippen LogP contribution in [0.3, 0.4) is 0 Å². The molecule has 0 aliphatic rings. The summed E-state index contributed by atoms with van der Waals surface area (Å²) < 4.78 is 0. The zero-order valence-electron chi connectivity index (χ0n) is 11.2. The van der Waals surface area contributed by atoms with Crippen molar-refractivity contribution in [2.45, 2.75) is 13.3 Å². The first kappa shape index (κ1) is 13.5. The Labute approximate surface area is 116 Å². The van der Waals surface area contributed by atoms with Crippen LogP contribution in [-0.2, 0) is 11.2 Å². The van der Waals surface area contributed by atoms with E-state index in [0.29, 0.717) is 0 Å². The summed E-state index contributed by atoms with van der Waals surface area (Å²) in [5.41, 5.74) is 2.91. The highest BCUT2D eigenvalue weighted by atomic mass is 32.1. The van der Waals surface area contributed by atoms with E-state index in [9.17, 15) is 4.79 Å². The van der Waals surface area contributed by atoms with Crippen molar-refractivity contribution in [2.75, 3.05) is 19.0 Å². The monoisotopic (exact) mass is 276 g/mol. The molecule has 0 atom stereocenters. The van der Waals surface area contributed by atoms with Crippen LogP contribution in [-0.4, -0.2) is 30.2 Å². The molecule has 100 valence electrons. The maximum atomic E-state index is 11.0. The standard InChI is InChI=1S/C14H16N2O2S/c1-9-4-6-10(7-5-9)13-11(8-12(17)18)19-14(15-13)16(2)3/h4-7H,8H2,1-3H3,(H,17,18). The Morgan fingerprint density at radius 1 is 1.32 bits per heavy atom. The maximum Gasteiger partial charge on any atom is 0.308 e. The van der Waals surface area contributed by atoms with E-state index in [1.807, 2.05) is 50.2 Å². The predicted molar refractivity (Wildman–Crippen MR) is 78.0 cm³/mol. The number of thiazole rings is 1. The van der Waals surface area contributed by atoms with Crippen LogP contribution >= 0.6 is 11.3 Å². The number of hydrogen-bond donors (Lipinski definition) is 1. The molecule has 2 aromatic rings. The van der Waals surface area contributed by atoms with Crippen molar-refractivity contribution in [3.8, 4) is 11.3 Å². The third-order valence-corrected chi connectivity index (χ3v) is 3.93. The Kier molecular flexibility index (Phi) is 3.85. The second kappa shape index (κ2) is 5.40. The minimum absolute atomic E-state index is 0.00865. The molecule has 0 radical (unpaired) electrons. The van der Waals surface area contributed by atoms with Crippen molar-refractivity contribution in [2.24, 2.45) is 0 Å². The molecule has 0 saturated heterocycles. The van der Waals surface area contributed by atoms with Gasteiger partial charge in [0.2, 0.25) is 0 Å². The van der Waals surface area contributed by atoms with Crippen LogP contribution in [0, 0.1) is 6.92 Å². The van der Waals surface area contributed by atoms with E-state index in [2.05, 4.69) is 4.98 Å². The molecule has 1 N–H and O–H groups in total. The van der Waals surface area contributed by atoms with Crippen molar-refractivity contribution in [1.82, 2.24) is 4.98 Å². The number of aliphatic carboxylic acids is 1. The van der Waals surface area contributed by atoms with Gasteiger partial charge in [0, 0.05) is 24.5 Å². The number of rotatable bonds is 4. The molecular formula is C14H16N2O2S. The number of carboxylic acid groups (broad SMARTS) is 1. The van der Waals surface area contributed by atoms with Crippen molar-refractivity contribution in [3.63, 3.8) is 0 Å². The molecule has 1 aromatic heterocycles. The zero-order valence-corrected chi connectivity index (χ0v) is 12.0. The molecule has 0 unspecified atom stereocenters. The summed E-state index contributed by atoms with van der Waals surface area (Å²) in [5.74, 6) is -0.831. The summed E-state index contributed by atoms with van der Waals surface area (Å²) in [7, 11) is 3.81. The van der Waals surface area contributed by atoms with Crippen LogP contribution in [0.25, 0.3) is 11.3 Å². The lowest BCUT2D eigenvalue weighted by Gasteiger charge is -2.05. The lowest BCUT2D eigenvalue weighted by molar-refractivity contribution is -0.136. The minimum Gasteiger partial charge on any atom is -0.481 e. The minimum atomic E-state index is -0.831. The molecule has 19 heavy (non-hydrogen) atoms. The summed E-state index contributed by atoms with van der Waals surface area (Å²) >= 11 is 1.43. The van der Waals surface area contributed by atoms with E-state index < -0.39 is 5.97 Å². The summed E-state index contributed by atoms with van der Waals surface area (Å²) in [6.45, 7) is 2.02. The Morgan fingerprint density at radius 3 is 2.47 bits per heavy atom. The van der Waals surface area contributed by atoms with Gasteiger partial charge in [0.15, 0.2) is 5.13 Å². The number of hydrogen-bond acceptors (Lipinski definition) is 4. The first-order valence-corrected chi connectivity index (χ1v) is 6.75. The Bertz CT molecular complexity index is 588. The number of aromatic nitrogens is 1. The molecule has 1 heterocycles. The van der Waals surface area contributed by atoms with Gasteiger partial charge in [-0.15, -0.1) is 11.3 Å². The van der Waals surface area contributed by atoms with E-state index in [0.717, 1.165) is 21.3 Å². The van der Waals surface area contributed by atoms with Crippen LogP contribution in [0.5, 0.6) is 0 Å². The number of carbonyl (C=O) groups is 1. The molecule has 0 amide bonds. The molecule has 5 heteroatoms. The summed E-state index contributed by atoms with van der Waals surface area (Å²) in [5, 5.41) is 9.82. The molecular weight excluding hydrogens is 260 g/mol. The van der Waals surface area contributed by atoms with Crippen molar-refractivity contribution >= 4 is 22.4 Å². The van der Waals surface area contributed by atoms with Crippen LogP contribution in [0.4, 0.5) is 5.13 Å². The second-order valence-electron chi connectivity index (χ2n) is 4.60. The summed E-state index contributed by atoms with van der Waals surface area (Å²) in [4.78, 5) is 18.2. The summed E-state index contributed by atoms with van der Waals surface area (Å²) in [6.07, 6.45) is 0.00865. The number of nitrogens with zero attached hydrogens (tertiary/aromatic N) is 2. The van der Waals surface area contributed by atoms with E-state index in [4.69, 9.17) is 5.11 Å². The highest BCUT2D eigenvalue weighted by Gasteiger charge is 2.16. The van der Waals surface area contributed by atoms with E-state index in [-0.39, 0.29) is 6.42 Å². The molecule has 0 spiro atoms. The lowest BCUT2D eigenvalue weighted by Crippen LogP contribution is -2.07. The highest BCUT2D eigenvalue weighted by molar-refractivity contribution is 7.16.